The average molecular weight is 272 g/mol. The summed E-state index contributed by atoms with van der Waals surface area (Å²) in [4.78, 5) is 8.27. The summed E-state index contributed by atoms with van der Waals surface area (Å²) in [5.41, 5.74) is 6.94. The molecule has 4 aromatic rings. The fourth-order valence-corrected chi connectivity index (χ4v) is 3.00. The molecule has 2 aromatic heterocycles. The van der Waals surface area contributed by atoms with Gasteiger partial charge in [0.25, 0.3) is 0 Å². The fraction of sp³-hybridized carbons (Fsp3) is 0.105. The molecule has 1 N–H and O–H groups in total. The first-order valence-electron chi connectivity index (χ1n) is 7.17. The second kappa shape index (κ2) is 4.45. The van der Waals surface area contributed by atoms with Gasteiger partial charge in [0.2, 0.25) is 0 Å². The van der Waals surface area contributed by atoms with Crippen molar-refractivity contribution in [1.29, 1.82) is 0 Å². The predicted molar refractivity (Wildman–Crippen MR) is 88.5 cm³/mol. The summed E-state index contributed by atoms with van der Waals surface area (Å²) in [6, 6.07) is 16.9. The van der Waals surface area contributed by atoms with Gasteiger partial charge in [-0.15, -0.1) is 0 Å². The van der Waals surface area contributed by atoms with Crippen molar-refractivity contribution in [1.82, 2.24) is 9.97 Å². The Morgan fingerprint density at radius 1 is 0.905 bits per heavy atom. The number of nitrogens with zero attached hydrogens (tertiary/aromatic N) is 1. The number of fused-ring (bicyclic) bond motifs is 2. The number of hydrogen-bond donors (Lipinski definition) is 1. The number of aromatic amines is 1. The van der Waals surface area contributed by atoms with E-state index in [-0.39, 0.29) is 0 Å². The van der Waals surface area contributed by atoms with E-state index in [0.29, 0.717) is 0 Å². The monoisotopic (exact) mass is 272 g/mol. The molecule has 2 nitrogen and oxygen atoms in total. The van der Waals surface area contributed by atoms with Gasteiger partial charge in [-0.3, -0.25) is 0 Å². The molecule has 0 aliphatic rings. The molecule has 0 saturated heterocycles. The molecular weight excluding hydrogens is 256 g/mol. The predicted octanol–water partition coefficient (Wildman–Crippen LogP) is 5.00. The maximum absolute atomic E-state index is 4.88. The van der Waals surface area contributed by atoms with Crippen LogP contribution in [0.25, 0.3) is 33.1 Å². The van der Waals surface area contributed by atoms with Gasteiger partial charge in [-0.25, -0.2) is 4.98 Å². The van der Waals surface area contributed by atoms with Crippen molar-refractivity contribution in [3.63, 3.8) is 0 Å². The highest BCUT2D eigenvalue weighted by Crippen LogP contribution is 2.32. The number of benzene rings is 2. The largest absolute Gasteiger partial charge is 0.360 e. The van der Waals surface area contributed by atoms with Crippen LogP contribution >= 0.6 is 0 Å². The van der Waals surface area contributed by atoms with Gasteiger partial charge in [0, 0.05) is 28.0 Å². The van der Waals surface area contributed by atoms with Gasteiger partial charge in [-0.1, -0.05) is 36.4 Å². The van der Waals surface area contributed by atoms with E-state index in [1.165, 1.54) is 33.0 Å². The Morgan fingerprint density at radius 2 is 1.76 bits per heavy atom. The van der Waals surface area contributed by atoms with Crippen LogP contribution in [0.1, 0.15) is 11.1 Å². The summed E-state index contributed by atoms with van der Waals surface area (Å²) in [6.45, 7) is 4.26. The number of rotatable bonds is 1. The van der Waals surface area contributed by atoms with Crippen molar-refractivity contribution in [3.05, 3.63) is 65.9 Å². The third-order valence-corrected chi connectivity index (χ3v) is 4.09. The van der Waals surface area contributed by atoms with E-state index < -0.39 is 0 Å². The molecular formula is C19H16N2. The molecule has 0 amide bonds. The zero-order valence-corrected chi connectivity index (χ0v) is 12.1. The fourth-order valence-electron chi connectivity index (χ4n) is 3.00. The molecule has 102 valence electrons. The number of hydrogen-bond acceptors (Lipinski definition) is 1. The zero-order valence-electron chi connectivity index (χ0n) is 12.1. The minimum absolute atomic E-state index is 1.04. The Labute approximate surface area is 123 Å². The van der Waals surface area contributed by atoms with Crippen LogP contribution in [0, 0.1) is 13.8 Å². The quantitative estimate of drug-likeness (QED) is 0.519. The highest BCUT2D eigenvalue weighted by atomic mass is 14.7. The van der Waals surface area contributed by atoms with Gasteiger partial charge in [-0.2, -0.15) is 0 Å². The van der Waals surface area contributed by atoms with Gasteiger partial charge in [0.1, 0.15) is 0 Å². The Hall–Kier alpha value is -2.61. The van der Waals surface area contributed by atoms with E-state index in [4.69, 9.17) is 4.98 Å². The van der Waals surface area contributed by atoms with Crippen molar-refractivity contribution in [2.75, 3.05) is 0 Å². The Morgan fingerprint density at radius 3 is 2.67 bits per heavy atom. The molecule has 2 heterocycles. The van der Waals surface area contributed by atoms with Crippen LogP contribution in [0.2, 0.25) is 0 Å². The number of pyridine rings is 1. The van der Waals surface area contributed by atoms with Crippen LogP contribution < -0.4 is 0 Å². The van der Waals surface area contributed by atoms with Crippen molar-refractivity contribution < 1.29 is 0 Å². The normalized spacial score (nSPS) is 11.3. The van der Waals surface area contributed by atoms with Gasteiger partial charge in [-0.05, 0) is 37.1 Å². The minimum atomic E-state index is 1.04. The molecule has 0 radical (unpaired) electrons. The summed E-state index contributed by atoms with van der Waals surface area (Å²) in [7, 11) is 0. The summed E-state index contributed by atoms with van der Waals surface area (Å²) >= 11 is 0. The molecule has 4 rings (SSSR count). The Bertz CT molecular complexity index is 964. The van der Waals surface area contributed by atoms with Crippen molar-refractivity contribution >= 4 is 21.8 Å². The van der Waals surface area contributed by atoms with Gasteiger partial charge >= 0.3 is 0 Å². The van der Waals surface area contributed by atoms with Crippen LogP contribution in [0.15, 0.2) is 54.7 Å². The molecule has 0 atom stereocenters. The number of aryl methyl sites for hydroxylation is 2. The first kappa shape index (κ1) is 12.2. The lowest BCUT2D eigenvalue weighted by Gasteiger charge is -2.07. The molecule has 2 aromatic carbocycles. The number of aromatic nitrogens is 2. The number of para-hydroxylation sites is 2. The first-order chi connectivity index (χ1) is 10.2. The lowest BCUT2D eigenvalue weighted by atomic mass is 10.0. The second-order valence-electron chi connectivity index (χ2n) is 5.55. The van der Waals surface area contributed by atoms with Crippen LogP contribution in [0.5, 0.6) is 0 Å². The van der Waals surface area contributed by atoms with E-state index in [0.717, 1.165) is 11.2 Å². The average Bonchev–Trinajstić information content (AvgIpc) is 2.92. The Kier molecular flexibility index (Phi) is 2.58. The second-order valence-corrected chi connectivity index (χ2v) is 5.55. The van der Waals surface area contributed by atoms with E-state index in [1.807, 2.05) is 6.07 Å². The van der Waals surface area contributed by atoms with Gasteiger partial charge in [0.15, 0.2) is 0 Å². The van der Waals surface area contributed by atoms with Crippen molar-refractivity contribution in [3.8, 4) is 11.3 Å². The number of H-pyrrole nitrogens is 1. The van der Waals surface area contributed by atoms with Crippen LogP contribution in [0.3, 0.4) is 0 Å². The Balaban J connectivity index is 2.04. The van der Waals surface area contributed by atoms with Crippen LogP contribution in [-0.2, 0) is 0 Å². The van der Waals surface area contributed by atoms with Gasteiger partial charge < -0.3 is 4.98 Å². The van der Waals surface area contributed by atoms with Crippen LogP contribution in [0.4, 0.5) is 0 Å². The maximum Gasteiger partial charge on any atom is 0.0760 e. The van der Waals surface area contributed by atoms with Crippen molar-refractivity contribution in [2.45, 2.75) is 13.8 Å². The molecule has 0 aliphatic carbocycles. The third-order valence-electron chi connectivity index (χ3n) is 4.09. The zero-order chi connectivity index (χ0) is 14.4. The summed E-state index contributed by atoms with van der Waals surface area (Å²) in [5.74, 6) is 0. The highest BCUT2D eigenvalue weighted by Gasteiger charge is 2.11. The van der Waals surface area contributed by atoms with Crippen LogP contribution in [-0.4, -0.2) is 9.97 Å². The summed E-state index contributed by atoms with van der Waals surface area (Å²) in [5, 5.41) is 2.43. The molecule has 0 aliphatic heterocycles. The molecule has 0 spiro atoms. The molecule has 21 heavy (non-hydrogen) atoms. The standard InChI is InChI=1S/C19H16N2/c1-12-6-5-8-15-16(11-20-18(12)15)19-13(2)10-14-7-3-4-9-17(14)21-19/h3-11,20H,1-2H3. The van der Waals surface area contributed by atoms with E-state index in [9.17, 15) is 0 Å². The molecule has 0 saturated carbocycles. The minimum Gasteiger partial charge on any atom is -0.360 e. The molecule has 0 unspecified atom stereocenters. The third kappa shape index (κ3) is 1.83. The molecule has 2 heteroatoms. The molecule has 0 bridgehead atoms. The summed E-state index contributed by atoms with van der Waals surface area (Å²) < 4.78 is 0. The van der Waals surface area contributed by atoms with Gasteiger partial charge in [0.05, 0.1) is 11.2 Å². The smallest absolute Gasteiger partial charge is 0.0760 e. The first-order valence-corrected chi connectivity index (χ1v) is 7.17. The van der Waals surface area contributed by atoms with E-state index >= 15 is 0 Å². The highest BCUT2D eigenvalue weighted by molar-refractivity contribution is 5.98. The lowest BCUT2D eigenvalue weighted by molar-refractivity contribution is 1.33. The lowest BCUT2D eigenvalue weighted by Crippen LogP contribution is -1.89. The maximum atomic E-state index is 4.88. The van der Waals surface area contributed by atoms with E-state index in [1.54, 1.807) is 0 Å². The topological polar surface area (TPSA) is 28.7 Å². The SMILES string of the molecule is Cc1cc2ccccc2nc1-c1c[nH]c2c(C)cccc12. The van der Waals surface area contributed by atoms with Crippen molar-refractivity contribution in [2.24, 2.45) is 0 Å². The molecule has 0 fully saturated rings. The number of nitrogens with one attached hydrogen (secondary N) is 1. The summed E-state index contributed by atoms with van der Waals surface area (Å²) in [6.07, 6.45) is 2.07. The van der Waals surface area contributed by atoms with E-state index in [2.05, 4.69) is 67.5 Å².